The van der Waals surface area contributed by atoms with Gasteiger partial charge in [0.25, 0.3) is 5.69 Å². The van der Waals surface area contributed by atoms with Gasteiger partial charge in [-0.1, -0.05) is 24.3 Å². The van der Waals surface area contributed by atoms with Crippen LogP contribution in [-0.4, -0.2) is 51.1 Å². The van der Waals surface area contributed by atoms with Crippen molar-refractivity contribution in [2.75, 3.05) is 25.0 Å². The molecule has 0 bridgehead atoms. The molecule has 4 rings (SSSR count). The first-order valence-electron chi connectivity index (χ1n) is 11.4. The maximum atomic E-state index is 13.1. The number of nitrogens with zero attached hydrogens (tertiary/aromatic N) is 4. The van der Waals surface area contributed by atoms with Gasteiger partial charge in [-0.25, -0.2) is 4.68 Å². The minimum atomic E-state index is -0.708. The van der Waals surface area contributed by atoms with Gasteiger partial charge < -0.3 is 10.6 Å². The largest absolute Gasteiger partial charge is 0.353 e. The van der Waals surface area contributed by atoms with E-state index in [1.807, 2.05) is 51.1 Å². The second kappa shape index (κ2) is 9.67. The zero-order valence-electron chi connectivity index (χ0n) is 20.2. The molecule has 2 amide bonds. The molecule has 0 aliphatic carbocycles. The summed E-state index contributed by atoms with van der Waals surface area (Å²) in [4.78, 5) is 38.9. The SMILES string of the molecule is Cc1ccc([N+](=O)[O-])c(NC(=O)CN2CCNC(=O)C2c2c(C)nn(-c3ccccc3)c2C)c1C. The van der Waals surface area contributed by atoms with E-state index < -0.39 is 16.9 Å². The lowest BCUT2D eigenvalue weighted by Crippen LogP contribution is -2.52. The number of hydrogen-bond acceptors (Lipinski definition) is 6. The lowest BCUT2D eigenvalue weighted by Gasteiger charge is -2.34. The van der Waals surface area contributed by atoms with Crippen molar-refractivity contribution in [3.63, 3.8) is 0 Å². The number of nitro benzene ring substituents is 1. The fourth-order valence-electron chi connectivity index (χ4n) is 4.54. The number of aromatic nitrogens is 2. The van der Waals surface area contributed by atoms with Crippen LogP contribution in [0.25, 0.3) is 5.69 Å². The second-order valence-corrected chi connectivity index (χ2v) is 8.70. The molecular formula is C25H28N6O4. The summed E-state index contributed by atoms with van der Waals surface area (Å²) >= 11 is 0. The molecule has 35 heavy (non-hydrogen) atoms. The number of amides is 2. The predicted molar refractivity (Wildman–Crippen MR) is 132 cm³/mol. The summed E-state index contributed by atoms with van der Waals surface area (Å²) in [5, 5.41) is 21.8. The number of carbonyl (C=O) groups excluding carboxylic acids is 2. The number of piperazine rings is 1. The third kappa shape index (κ3) is 4.65. The lowest BCUT2D eigenvalue weighted by molar-refractivity contribution is -0.384. The Hall–Kier alpha value is -4.05. The molecule has 1 saturated heterocycles. The summed E-state index contributed by atoms with van der Waals surface area (Å²) in [7, 11) is 0. The minimum absolute atomic E-state index is 0.0992. The normalized spacial score (nSPS) is 16.1. The van der Waals surface area contributed by atoms with E-state index in [1.165, 1.54) is 6.07 Å². The summed E-state index contributed by atoms with van der Waals surface area (Å²) in [6.07, 6.45) is 0. The van der Waals surface area contributed by atoms with Crippen molar-refractivity contribution in [1.82, 2.24) is 20.0 Å². The van der Waals surface area contributed by atoms with E-state index in [4.69, 9.17) is 0 Å². The lowest BCUT2D eigenvalue weighted by atomic mass is 10.00. The number of nitrogens with one attached hydrogen (secondary N) is 2. The first-order chi connectivity index (χ1) is 16.7. The Morgan fingerprint density at radius 3 is 2.57 bits per heavy atom. The summed E-state index contributed by atoms with van der Waals surface area (Å²) in [6.45, 7) is 8.07. The summed E-state index contributed by atoms with van der Waals surface area (Å²) < 4.78 is 1.80. The van der Waals surface area contributed by atoms with Crippen LogP contribution < -0.4 is 10.6 Å². The third-order valence-corrected chi connectivity index (χ3v) is 6.45. The number of hydrogen-bond donors (Lipinski definition) is 2. The van der Waals surface area contributed by atoms with Gasteiger partial charge in [-0.2, -0.15) is 5.10 Å². The van der Waals surface area contributed by atoms with E-state index in [0.717, 1.165) is 22.5 Å². The first-order valence-corrected chi connectivity index (χ1v) is 11.4. The van der Waals surface area contributed by atoms with Gasteiger partial charge >= 0.3 is 0 Å². The van der Waals surface area contributed by atoms with Gasteiger partial charge in [0.05, 0.1) is 22.8 Å². The molecule has 1 aliphatic heterocycles. The molecule has 3 aromatic rings. The molecule has 0 radical (unpaired) electrons. The number of benzene rings is 2. The molecule has 0 spiro atoms. The maximum Gasteiger partial charge on any atom is 0.293 e. The molecular weight excluding hydrogens is 448 g/mol. The Morgan fingerprint density at radius 1 is 1.17 bits per heavy atom. The van der Waals surface area contributed by atoms with Crippen molar-refractivity contribution in [2.45, 2.75) is 33.7 Å². The summed E-state index contributed by atoms with van der Waals surface area (Å²) in [5.41, 5.74) is 4.62. The standard InChI is InChI=1S/C25H28N6O4/c1-15-10-11-20(31(34)35)23(16(15)2)27-21(32)14-29-13-12-26-25(33)24(29)22-17(3)28-30(18(22)4)19-8-6-5-7-9-19/h5-11,24H,12-14H2,1-4H3,(H,26,33)(H,27,32). The highest BCUT2D eigenvalue weighted by Gasteiger charge is 2.36. The Labute approximate surface area is 203 Å². The third-order valence-electron chi connectivity index (χ3n) is 6.45. The Bertz CT molecular complexity index is 1300. The Kier molecular flexibility index (Phi) is 6.65. The Morgan fingerprint density at radius 2 is 1.89 bits per heavy atom. The number of para-hydroxylation sites is 1. The fourth-order valence-corrected chi connectivity index (χ4v) is 4.54. The molecule has 1 unspecified atom stereocenters. The molecule has 1 aromatic heterocycles. The smallest absolute Gasteiger partial charge is 0.293 e. The number of nitro groups is 1. The molecule has 2 N–H and O–H groups in total. The van der Waals surface area contributed by atoms with E-state index in [1.54, 1.807) is 22.6 Å². The van der Waals surface area contributed by atoms with Gasteiger partial charge in [0.15, 0.2) is 0 Å². The van der Waals surface area contributed by atoms with Gasteiger partial charge in [-0.15, -0.1) is 0 Å². The molecule has 1 atom stereocenters. The number of aryl methyl sites for hydroxylation is 2. The summed E-state index contributed by atoms with van der Waals surface area (Å²) in [6, 6.07) is 12.0. The van der Waals surface area contributed by atoms with Crippen molar-refractivity contribution in [2.24, 2.45) is 0 Å². The van der Waals surface area contributed by atoms with Crippen LogP contribution >= 0.6 is 0 Å². The first kappa shape index (κ1) is 24.1. The predicted octanol–water partition coefficient (Wildman–Crippen LogP) is 3.13. The molecule has 1 fully saturated rings. The van der Waals surface area contributed by atoms with Crippen LogP contribution in [-0.2, 0) is 9.59 Å². The quantitative estimate of drug-likeness (QED) is 0.416. The monoisotopic (exact) mass is 476 g/mol. The average molecular weight is 477 g/mol. The van der Waals surface area contributed by atoms with Crippen molar-refractivity contribution in [1.29, 1.82) is 0 Å². The van der Waals surface area contributed by atoms with E-state index in [0.29, 0.717) is 24.3 Å². The van der Waals surface area contributed by atoms with Crippen molar-refractivity contribution in [3.05, 3.63) is 80.7 Å². The van der Waals surface area contributed by atoms with Crippen LogP contribution in [0.15, 0.2) is 42.5 Å². The van der Waals surface area contributed by atoms with Crippen LogP contribution in [0.1, 0.15) is 34.1 Å². The van der Waals surface area contributed by atoms with Crippen molar-refractivity contribution in [3.8, 4) is 5.69 Å². The van der Waals surface area contributed by atoms with Crippen molar-refractivity contribution >= 4 is 23.2 Å². The van der Waals surface area contributed by atoms with Crippen LogP contribution in [0.2, 0.25) is 0 Å². The Balaban J connectivity index is 1.64. The van der Waals surface area contributed by atoms with Crippen LogP contribution in [0.5, 0.6) is 0 Å². The number of rotatable bonds is 6. The number of anilines is 1. The topological polar surface area (TPSA) is 122 Å². The zero-order valence-corrected chi connectivity index (χ0v) is 20.2. The van der Waals surface area contributed by atoms with Crippen LogP contribution in [0.3, 0.4) is 0 Å². The second-order valence-electron chi connectivity index (χ2n) is 8.70. The zero-order chi connectivity index (χ0) is 25.3. The molecule has 182 valence electrons. The van der Waals surface area contributed by atoms with Gasteiger partial charge in [0.2, 0.25) is 11.8 Å². The van der Waals surface area contributed by atoms with Crippen LogP contribution in [0, 0.1) is 37.8 Å². The summed E-state index contributed by atoms with van der Waals surface area (Å²) in [5.74, 6) is -0.632. The molecule has 10 nitrogen and oxygen atoms in total. The molecule has 1 aliphatic rings. The highest BCUT2D eigenvalue weighted by atomic mass is 16.6. The fraction of sp³-hybridized carbons (Fsp3) is 0.320. The molecule has 10 heteroatoms. The van der Waals surface area contributed by atoms with Gasteiger partial charge in [-0.05, 0) is 51.0 Å². The van der Waals surface area contributed by atoms with Crippen molar-refractivity contribution < 1.29 is 14.5 Å². The van der Waals surface area contributed by atoms with Gasteiger partial charge in [-0.3, -0.25) is 24.6 Å². The highest BCUT2D eigenvalue weighted by Crippen LogP contribution is 2.32. The van der Waals surface area contributed by atoms with E-state index in [-0.39, 0.29) is 23.8 Å². The van der Waals surface area contributed by atoms with E-state index in [9.17, 15) is 19.7 Å². The molecule has 2 aromatic carbocycles. The average Bonchev–Trinajstić information content (AvgIpc) is 3.11. The van der Waals surface area contributed by atoms with Gasteiger partial charge in [0.1, 0.15) is 11.7 Å². The minimum Gasteiger partial charge on any atom is -0.353 e. The number of carbonyl (C=O) groups is 2. The van der Waals surface area contributed by atoms with E-state index in [2.05, 4.69) is 15.7 Å². The molecule has 0 saturated carbocycles. The van der Waals surface area contributed by atoms with E-state index >= 15 is 0 Å². The van der Waals surface area contributed by atoms with Crippen LogP contribution in [0.4, 0.5) is 11.4 Å². The van der Waals surface area contributed by atoms with Gasteiger partial charge in [0, 0.05) is 30.4 Å². The molecule has 2 heterocycles. The highest BCUT2D eigenvalue weighted by molar-refractivity contribution is 5.96. The maximum absolute atomic E-state index is 13.1.